The van der Waals surface area contributed by atoms with Gasteiger partial charge in [-0.15, -0.1) is 0 Å². The van der Waals surface area contributed by atoms with Gasteiger partial charge in [-0.25, -0.2) is 9.97 Å². The van der Waals surface area contributed by atoms with E-state index in [-0.39, 0.29) is 6.71 Å². The molecule has 0 bridgehead atoms. The Balaban J connectivity index is 1.53. The number of hydrogen-bond donors (Lipinski definition) is 0. The fourth-order valence-electron chi connectivity index (χ4n) is 8.59. The lowest BCUT2D eigenvalue weighted by molar-refractivity contribution is 0.981. The second-order valence-electron chi connectivity index (χ2n) is 11.8. The number of benzene rings is 6. The van der Waals surface area contributed by atoms with E-state index in [1.54, 1.807) is 0 Å². The topological polar surface area (TPSA) is 35.6 Å². The molecule has 5 heteroatoms. The number of aryl methyl sites for hydroxylation is 2. The summed E-state index contributed by atoms with van der Waals surface area (Å²) in [5.74, 6) is 2.05. The highest BCUT2D eigenvalue weighted by molar-refractivity contribution is 7.02. The third kappa shape index (κ3) is 2.13. The molecule has 5 heterocycles. The van der Waals surface area contributed by atoms with Gasteiger partial charge in [-0.3, -0.25) is 9.13 Å². The maximum absolute atomic E-state index is 5.11. The zero-order valence-electron chi connectivity index (χ0n) is 22.5. The summed E-state index contributed by atoms with van der Waals surface area (Å²) in [4.78, 5) is 10.2. The molecule has 0 radical (unpaired) electrons. The molecule has 0 amide bonds. The van der Waals surface area contributed by atoms with Gasteiger partial charge in [-0.05, 0) is 98.3 Å². The molecule has 0 aliphatic carbocycles. The van der Waals surface area contributed by atoms with Crippen molar-refractivity contribution in [3.8, 4) is 33.6 Å². The second-order valence-corrected chi connectivity index (χ2v) is 11.8. The van der Waals surface area contributed by atoms with Gasteiger partial charge in [0.2, 0.25) is 0 Å². The van der Waals surface area contributed by atoms with Crippen LogP contribution in [0.5, 0.6) is 0 Å². The Hall–Kier alpha value is -5.16. The Labute approximate surface area is 235 Å². The SMILES string of the molecule is Cc1nc2ccc3c4c2n1-c1cccc2c1B4c1c(ccc4nc(C)n-2c14)-c1c-3c2ccccc2c2ccccc12. The summed E-state index contributed by atoms with van der Waals surface area (Å²) in [6.45, 7) is 4.38. The summed E-state index contributed by atoms with van der Waals surface area (Å²) in [7, 11) is 0. The zero-order valence-corrected chi connectivity index (χ0v) is 22.5. The second kappa shape index (κ2) is 6.59. The van der Waals surface area contributed by atoms with Gasteiger partial charge in [0.25, 0.3) is 6.71 Å². The first-order valence-corrected chi connectivity index (χ1v) is 14.3. The molecule has 0 unspecified atom stereocenters. The molecule has 6 aromatic carbocycles. The summed E-state index contributed by atoms with van der Waals surface area (Å²) < 4.78 is 4.82. The molecule has 0 fully saturated rings. The Morgan fingerprint density at radius 2 is 0.951 bits per heavy atom. The summed E-state index contributed by atoms with van der Waals surface area (Å²) in [6, 6.07) is 33.8. The number of rotatable bonds is 0. The predicted octanol–water partition coefficient (Wildman–Crippen LogP) is 6.08. The molecule has 0 saturated heterocycles. The summed E-state index contributed by atoms with van der Waals surface area (Å²) in [6.07, 6.45) is 0. The molecule has 188 valence electrons. The lowest BCUT2D eigenvalue weighted by Crippen LogP contribution is -2.60. The van der Waals surface area contributed by atoms with Crippen molar-refractivity contribution in [2.75, 3.05) is 0 Å². The van der Waals surface area contributed by atoms with E-state index >= 15 is 0 Å². The van der Waals surface area contributed by atoms with Crippen LogP contribution in [0.1, 0.15) is 11.6 Å². The normalized spacial score (nSPS) is 13.6. The third-order valence-corrected chi connectivity index (χ3v) is 9.93. The van der Waals surface area contributed by atoms with Crippen LogP contribution >= 0.6 is 0 Å². The lowest BCUT2D eigenvalue weighted by atomic mass is 9.33. The van der Waals surface area contributed by atoms with Gasteiger partial charge in [-0.1, -0.05) is 66.7 Å². The molecule has 0 spiro atoms. The van der Waals surface area contributed by atoms with E-state index in [9.17, 15) is 0 Å². The number of aromatic nitrogens is 4. The molecule has 3 aliphatic heterocycles. The number of hydrogen-bond acceptors (Lipinski definition) is 2. The monoisotopic (exact) mass is 520 g/mol. The van der Waals surface area contributed by atoms with Crippen LogP contribution < -0.4 is 16.4 Å². The van der Waals surface area contributed by atoms with Crippen LogP contribution in [-0.4, -0.2) is 25.8 Å². The Bertz CT molecular complexity index is 2390. The van der Waals surface area contributed by atoms with Crippen LogP contribution in [0.15, 0.2) is 91.0 Å². The Morgan fingerprint density at radius 1 is 0.488 bits per heavy atom. The molecule has 0 saturated carbocycles. The van der Waals surface area contributed by atoms with Crippen molar-refractivity contribution in [2.45, 2.75) is 13.8 Å². The molecular formula is C36H21BN4. The lowest BCUT2D eigenvalue weighted by Gasteiger charge is -2.34. The quantitative estimate of drug-likeness (QED) is 0.180. The van der Waals surface area contributed by atoms with Crippen LogP contribution in [0.25, 0.3) is 77.2 Å². The smallest absolute Gasteiger partial charge is 0.253 e. The molecule has 3 aliphatic rings. The van der Waals surface area contributed by atoms with Crippen molar-refractivity contribution < 1.29 is 0 Å². The summed E-state index contributed by atoms with van der Waals surface area (Å²) in [5, 5.41) is 5.20. The van der Waals surface area contributed by atoms with Crippen molar-refractivity contribution in [1.82, 2.24) is 19.1 Å². The average molecular weight is 520 g/mol. The van der Waals surface area contributed by atoms with E-state index in [1.165, 1.54) is 82.6 Å². The Morgan fingerprint density at radius 3 is 1.44 bits per heavy atom. The van der Waals surface area contributed by atoms with Gasteiger partial charge >= 0.3 is 0 Å². The van der Waals surface area contributed by atoms with Gasteiger partial charge in [-0.2, -0.15) is 0 Å². The van der Waals surface area contributed by atoms with Crippen molar-refractivity contribution in [3.63, 3.8) is 0 Å². The van der Waals surface area contributed by atoms with Crippen molar-refractivity contribution >= 4 is 66.7 Å². The largest absolute Gasteiger partial charge is 0.297 e. The fraction of sp³-hybridized carbons (Fsp3) is 0.0556. The van der Waals surface area contributed by atoms with Crippen LogP contribution in [0.3, 0.4) is 0 Å². The van der Waals surface area contributed by atoms with E-state index < -0.39 is 0 Å². The van der Waals surface area contributed by atoms with Gasteiger partial charge in [0.05, 0.1) is 22.1 Å². The summed E-state index contributed by atoms with van der Waals surface area (Å²) >= 11 is 0. The average Bonchev–Trinajstić information content (AvgIpc) is 3.48. The van der Waals surface area contributed by atoms with Gasteiger partial charge in [0, 0.05) is 11.4 Å². The first-order chi connectivity index (χ1) is 20.2. The standard InChI is InChI=1S/C36H21BN4/c1-18-38-26-16-14-24-30-22-10-5-3-8-20(22)21-9-4-6-11-23(21)31(30)25-15-17-27-36-33(25)37-32(24)35(26)40(18)28-12-7-13-29(34(28)37)41(36)19(2)39-27/h3-17H,1-2H3. The van der Waals surface area contributed by atoms with E-state index in [1.807, 2.05) is 0 Å². The molecule has 11 rings (SSSR count). The first-order valence-electron chi connectivity index (χ1n) is 14.3. The van der Waals surface area contributed by atoms with Crippen molar-refractivity contribution in [2.24, 2.45) is 0 Å². The van der Waals surface area contributed by atoms with E-state index in [0.29, 0.717) is 0 Å². The number of imidazole rings is 2. The molecule has 0 atom stereocenters. The van der Waals surface area contributed by atoms with Crippen LogP contribution in [0, 0.1) is 13.8 Å². The maximum Gasteiger partial charge on any atom is 0.253 e. The summed E-state index contributed by atoms with van der Waals surface area (Å²) in [5.41, 5.74) is 16.5. The molecule has 2 aromatic heterocycles. The van der Waals surface area contributed by atoms with Crippen LogP contribution in [-0.2, 0) is 0 Å². The highest BCUT2D eigenvalue weighted by atomic mass is 15.1. The Kier molecular flexibility index (Phi) is 3.33. The van der Waals surface area contributed by atoms with E-state index in [4.69, 9.17) is 9.97 Å². The van der Waals surface area contributed by atoms with Gasteiger partial charge in [0.1, 0.15) is 11.6 Å². The van der Waals surface area contributed by atoms with Gasteiger partial charge < -0.3 is 0 Å². The zero-order chi connectivity index (χ0) is 26.7. The van der Waals surface area contributed by atoms with Crippen molar-refractivity contribution in [1.29, 1.82) is 0 Å². The molecule has 4 nitrogen and oxygen atoms in total. The highest BCUT2D eigenvalue weighted by Crippen LogP contribution is 2.47. The van der Waals surface area contributed by atoms with E-state index in [2.05, 4.69) is 114 Å². The highest BCUT2D eigenvalue weighted by Gasteiger charge is 2.45. The minimum absolute atomic E-state index is 0.0933. The van der Waals surface area contributed by atoms with Crippen LogP contribution in [0.4, 0.5) is 0 Å². The molecule has 41 heavy (non-hydrogen) atoms. The number of fused-ring (bicyclic) bond motifs is 10. The third-order valence-electron chi connectivity index (χ3n) is 9.93. The van der Waals surface area contributed by atoms with Crippen LogP contribution in [0.2, 0.25) is 0 Å². The minimum Gasteiger partial charge on any atom is -0.297 e. The van der Waals surface area contributed by atoms with Crippen molar-refractivity contribution in [3.05, 3.63) is 103 Å². The first kappa shape index (κ1) is 20.7. The fourth-order valence-corrected chi connectivity index (χ4v) is 8.59. The van der Waals surface area contributed by atoms with Gasteiger partial charge in [0.15, 0.2) is 0 Å². The number of nitrogens with zero attached hydrogens (tertiary/aromatic N) is 4. The molecule has 0 N–H and O–H groups in total. The maximum atomic E-state index is 5.11. The minimum atomic E-state index is 0.0933. The molecular weight excluding hydrogens is 499 g/mol. The molecule has 8 aromatic rings. The van der Waals surface area contributed by atoms with E-state index in [0.717, 1.165) is 22.7 Å². The predicted molar refractivity (Wildman–Crippen MR) is 169 cm³/mol.